The number of aromatic nitrogens is 2. The zero-order valence-electron chi connectivity index (χ0n) is 13.5. The molecule has 1 heterocycles. The number of H-pyrrole nitrogens is 1. The molecule has 126 valence electrons. The highest BCUT2D eigenvalue weighted by atomic mass is 16.3. The fourth-order valence-electron chi connectivity index (χ4n) is 3.27. The molecule has 3 aromatic rings. The molecule has 1 atom stereocenters. The molecule has 25 heavy (non-hydrogen) atoms. The molecule has 0 saturated carbocycles. The van der Waals surface area contributed by atoms with Gasteiger partial charge in [0.05, 0.1) is 12.2 Å². The summed E-state index contributed by atoms with van der Waals surface area (Å²) in [5, 5.41) is 22.4. The summed E-state index contributed by atoms with van der Waals surface area (Å²) in [4.78, 5) is 12.3. The highest BCUT2D eigenvalue weighted by Gasteiger charge is 2.25. The Morgan fingerprint density at radius 3 is 2.76 bits per heavy atom. The minimum absolute atomic E-state index is 0.0766. The molecule has 0 aliphatic heterocycles. The fraction of sp³-hybridized carbons (Fsp3) is 0.158. The molecule has 0 fully saturated rings. The van der Waals surface area contributed by atoms with E-state index in [1.165, 1.54) is 0 Å². The van der Waals surface area contributed by atoms with Gasteiger partial charge in [0.15, 0.2) is 0 Å². The summed E-state index contributed by atoms with van der Waals surface area (Å²) in [5.41, 5.74) is 4.67. The molecule has 1 aromatic heterocycles. The number of aromatic amines is 1. The molecule has 2 aromatic carbocycles. The van der Waals surface area contributed by atoms with Crippen LogP contribution in [0.3, 0.4) is 0 Å². The monoisotopic (exact) mass is 334 g/mol. The molecule has 2 amide bonds. The second-order valence-corrected chi connectivity index (χ2v) is 6.10. The maximum atomic E-state index is 12.3. The quantitative estimate of drug-likeness (QED) is 0.590. The van der Waals surface area contributed by atoms with Crippen LogP contribution in [0.25, 0.3) is 11.1 Å². The number of nitrogens with one attached hydrogen (secondary N) is 3. The lowest BCUT2D eigenvalue weighted by molar-refractivity contribution is 0.248. The van der Waals surface area contributed by atoms with Gasteiger partial charge in [0.1, 0.15) is 5.75 Å². The Morgan fingerprint density at radius 1 is 1.16 bits per heavy atom. The van der Waals surface area contributed by atoms with Crippen LogP contribution in [0.1, 0.15) is 23.6 Å². The zero-order valence-corrected chi connectivity index (χ0v) is 13.5. The smallest absolute Gasteiger partial charge is 0.319 e. The van der Waals surface area contributed by atoms with Crippen molar-refractivity contribution in [2.24, 2.45) is 0 Å². The maximum absolute atomic E-state index is 12.3. The second-order valence-electron chi connectivity index (χ2n) is 6.10. The first-order valence-corrected chi connectivity index (χ1v) is 8.18. The summed E-state index contributed by atoms with van der Waals surface area (Å²) in [7, 11) is 0. The summed E-state index contributed by atoms with van der Waals surface area (Å²) in [6, 6.07) is 12.7. The molecule has 0 spiro atoms. The van der Waals surface area contributed by atoms with Crippen LogP contribution in [0, 0.1) is 0 Å². The van der Waals surface area contributed by atoms with Gasteiger partial charge in [0.2, 0.25) is 0 Å². The van der Waals surface area contributed by atoms with E-state index in [1.54, 1.807) is 18.3 Å². The van der Waals surface area contributed by atoms with Crippen LogP contribution in [-0.2, 0) is 6.42 Å². The number of amides is 2. The molecule has 1 unspecified atom stereocenters. The van der Waals surface area contributed by atoms with Crippen LogP contribution >= 0.6 is 0 Å². The van der Waals surface area contributed by atoms with Crippen LogP contribution in [0.15, 0.2) is 54.9 Å². The van der Waals surface area contributed by atoms with E-state index in [-0.39, 0.29) is 12.1 Å². The van der Waals surface area contributed by atoms with Crippen LogP contribution in [0.2, 0.25) is 0 Å². The summed E-state index contributed by atoms with van der Waals surface area (Å²) in [5.74, 6) is 0.303. The third kappa shape index (κ3) is 3.06. The average molecular weight is 334 g/mol. The molecular weight excluding hydrogens is 316 g/mol. The van der Waals surface area contributed by atoms with E-state index in [0.717, 1.165) is 40.8 Å². The summed E-state index contributed by atoms with van der Waals surface area (Å²) >= 11 is 0. The number of hydrogen-bond acceptors (Lipinski definition) is 3. The van der Waals surface area contributed by atoms with Crippen LogP contribution < -0.4 is 10.6 Å². The molecule has 4 N–H and O–H groups in total. The standard InChI is InChI=1S/C19H18N4O2/c24-18-3-1-2-15-16(18)8-9-17(15)23-19(25)22-14-6-4-12(5-7-14)13-10-20-21-11-13/h1-7,10-11,17,24H,8-9H2,(H,20,21)(H2,22,23,25). The van der Waals surface area contributed by atoms with Crippen LogP contribution in [0.5, 0.6) is 5.75 Å². The van der Waals surface area contributed by atoms with Crippen molar-refractivity contribution in [2.45, 2.75) is 18.9 Å². The van der Waals surface area contributed by atoms with E-state index in [4.69, 9.17) is 0 Å². The van der Waals surface area contributed by atoms with Crippen molar-refractivity contribution in [2.75, 3.05) is 5.32 Å². The molecule has 6 nitrogen and oxygen atoms in total. The number of hydrogen-bond donors (Lipinski definition) is 4. The first-order chi connectivity index (χ1) is 12.2. The lowest BCUT2D eigenvalue weighted by atomic mass is 10.1. The maximum Gasteiger partial charge on any atom is 0.319 e. The Labute approximate surface area is 144 Å². The number of nitrogens with zero attached hydrogens (tertiary/aromatic N) is 1. The van der Waals surface area contributed by atoms with E-state index in [1.807, 2.05) is 36.5 Å². The van der Waals surface area contributed by atoms with E-state index >= 15 is 0 Å². The number of urea groups is 1. The minimum atomic E-state index is -0.253. The summed E-state index contributed by atoms with van der Waals surface area (Å²) in [6.07, 6.45) is 5.14. The van der Waals surface area contributed by atoms with Gasteiger partial charge in [-0.1, -0.05) is 24.3 Å². The zero-order chi connectivity index (χ0) is 17.2. The highest BCUT2D eigenvalue weighted by molar-refractivity contribution is 5.90. The van der Waals surface area contributed by atoms with E-state index in [0.29, 0.717) is 5.75 Å². The lowest BCUT2D eigenvalue weighted by Crippen LogP contribution is -2.31. The number of benzene rings is 2. The first-order valence-electron chi connectivity index (χ1n) is 8.18. The number of anilines is 1. The minimum Gasteiger partial charge on any atom is -0.508 e. The van der Waals surface area contributed by atoms with E-state index in [9.17, 15) is 9.90 Å². The first kappa shape index (κ1) is 15.3. The number of phenolic OH excluding ortho intramolecular Hbond substituents is 1. The largest absolute Gasteiger partial charge is 0.508 e. The van der Waals surface area contributed by atoms with Crippen molar-refractivity contribution >= 4 is 11.7 Å². The van der Waals surface area contributed by atoms with Gasteiger partial charge in [-0.2, -0.15) is 5.10 Å². The number of aromatic hydroxyl groups is 1. The number of rotatable bonds is 3. The molecule has 6 heteroatoms. The molecule has 1 aliphatic carbocycles. The summed E-state index contributed by atoms with van der Waals surface area (Å²) < 4.78 is 0. The van der Waals surface area contributed by atoms with Gasteiger partial charge in [-0.05, 0) is 47.7 Å². The van der Waals surface area contributed by atoms with Crippen molar-refractivity contribution in [1.29, 1.82) is 0 Å². The topological polar surface area (TPSA) is 90.0 Å². The van der Waals surface area contributed by atoms with Crippen molar-refractivity contribution in [1.82, 2.24) is 15.5 Å². The molecule has 0 radical (unpaired) electrons. The molecule has 4 rings (SSSR count). The van der Waals surface area contributed by atoms with Gasteiger partial charge in [-0.15, -0.1) is 0 Å². The third-order valence-electron chi connectivity index (χ3n) is 4.53. The highest BCUT2D eigenvalue weighted by Crippen LogP contribution is 2.36. The Kier molecular flexibility index (Phi) is 3.85. The fourth-order valence-corrected chi connectivity index (χ4v) is 3.27. The van der Waals surface area contributed by atoms with Gasteiger partial charge in [-0.25, -0.2) is 4.79 Å². The number of carbonyl (C=O) groups excluding carboxylic acids is 1. The van der Waals surface area contributed by atoms with Crippen molar-refractivity contribution in [3.05, 3.63) is 66.0 Å². The van der Waals surface area contributed by atoms with E-state index < -0.39 is 0 Å². The predicted octanol–water partition coefficient (Wildman–Crippen LogP) is 3.59. The molecule has 0 bridgehead atoms. The van der Waals surface area contributed by atoms with Crippen molar-refractivity contribution in [3.8, 4) is 16.9 Å². The van der Waals surface area contributed by atoms with Gasteiger partial charge in [0, 0.05) is 17.4 Å². The third-order valence-corrected chi connectivity index (χ3v) is 4.53. The van der Waals surface area contributed by atoms with Crippen LogP contribution in [-0.4, -0.2) is 21.3 Å². The Morgan fingerprint density at radius 2 is 2.00 bits per heavy atom. The number of fused-ring (bicyclic) bond motifs is 1. The Bertz CT molecular complexity index is 888. The number of phenols is 1. The summed E-state index contributed by atoms with van der Waals surface area (Å²) in [6.45, 7) is 0. The molecule has 1 aliphatic rings. The Hall–Kier alpha value is -3.28. The van der Waals surface area contributed by atoms with Gasteiger partial charge < -0.3 is 15.7 Å². The normalized spacial score (nSPS) is 15.6. The Balaban J connectivity index is 1.41. The predicted molar refractivity (Wildman–Crippen MR) is 95.3 cm³/mol. The van der Waals surface area contributed by atoms with Gasteiger partial charge >= 0.3 is 6.03 Å². The second kappa shape index (κ2) is 6.32. The molecule has 0 saturated heterocycles. The van der Waals surface area contributed by atoms with Crippen molar-refractivity contribution in [3.63, 3.8) is 0 Å². The number of carbonyl (C=O) groups is 1. The van der Waals surface area contributed by atoms with Crippen molar-refractivity contribution < 1.29 is 9.90 Å². The van der Waals surface area contributed by atoms with Crippen LogP contribution in [0.4, 0.5) is 10.5 Å². The van der Waals surface area contributed by atoms with Gasteiger partial charge in [0.25, 0.3) is 0 Å². The van der Waals surface area contributed by atoms with E-state index in [2.05, 4.69) is 20.8 Å². The van der Waals surface area contributed by atoms with Gasteiger partial charge in [-0.3, -0.25) is 5.10 Å². The SMILES string of the molecule is O=C(Nc1ccc(-c2cn[nH]c2)cc1)NC1CCc2c(O)cccc21. The lowest BCUT2D eigenvalue weighted by Gasteiger charge is -2.15. The average Bonchev–Trinajstić information content (AvgIpc) is 3.27. The molecular formula is C19H18N4O2.